The molecule has 0 radical (unpaired) electrons. The zero-order valence-electron chi connectivity index (χ0n) is 30.6. The molecular formula is C40H40O10S7. The first-order valence-electron chi connectivity index (χ1n) is 17.7. The molecule has 1 unspecified atom stereocenters. The van der Waals surface area contributed by atoms with Crippen LogP contribution in [0.1, 0.15) is 0 Å². The van der Waals surface area contributed by atoms with E-state index in [1.54, 1.807) is 24.3 Å². The number of hydrogen-bond acceptors (Lipinski definition) is 13. The number of thioether (sulfide) groups is 3. The van der Waals surface area contributed by atoms with Crippen molar-refractivity contribution in [2.45, 2.75) is 34.3 Å². The van der Waals surface area contributed by atoms with Crippen LogP contribution in [0.15, 0.2) is 156 Å². The number of benzene rings is 5. The molecule has 57 heavy (non-hydrogen) atoms. The smallest absolute Gasteiger partial charge is 0.185 e. The van der Waals surface area contributed by atoms with Gasteiger partial charge in [0.2, 0.25) is 0 Å². The van der Waals surface area contributed by atoms with Gasteiger partial charge in [-0.25, -0.2) is 25.3 Å². The Hall–Kier alpha value is -3.45. The Kier molecular flexibility index (Phi) is 15.1. The minimum Gasteiger partial charge on any atom is -0.492 e. The number of sulfone groups is 3. The van der Waals surface area contributed by atoms with Gasteiger partial charge < -0.3 is 14.2 Å². The Morgan fingerprint density at radius 3 is 1.44 bits per heavy atom. The lowest BCUT2D eigenvalue weighted by Crippen LogP contribution is -2.25. The zero-order valence-corrected chi connectivity index (χ0v) is 36.3. The van der Waals surface area contributed by atoms with Crippen LogP contribution < -0.4 is 14.2 Å². The molecule has 17 heteroatoms. The summed E-state index contributed by atoms with van der Waals surface area (Å²) < 4.78 is 96.0. The molecule has 5 aromatic rings. The van der Waals surface area contributed by atoms with Gasteiger partial charge in [-0.3, -0.25) is 4.21 Å². The lowest BCUT2D eigenvalue weighted by molar-refractivity contribution is 0.322. The van der Waals surface area contributed by atoms with Gasteiger partial charge in [0, 0.05) is 31.9 Å². The van der Waals surface area contributed by atoms with Gasteiger partial charge in [0.1, 0.15) is 35.4 Å². The van der Waals surface area contributed by atoms with Crippen molar-refractivity contribution in [3.8, 4) is 17.2 Å². The molecule has 0 N–H and O–H groups in total. The molecule has 0 saturated heterocycles. The van der Waals surface area contributed by atoms with E-state index in [1.807, 2.05) is 77.8 Å². The summed E-state index contributed by atoms with van der Waals surface area (Å²) in [6.45, 7) is 1.69. The first-order valence-corrected chi connectivity index (χ1v) is 27.0. The molecule has 1 atom stereocenters. The van der Waals surface area contributed by atoms with Crippen molar-refractivity contribution in [3.05, 3.63) is 121 Å². The highest BCUT2D eigenvalue weighted by Crippen LogP contribution is 2.36. The summed E-state index contributed by atoms with van der Waals surface area (Å²) in [5.41, 5.74) is 0. The van der Waals surface area contributed by atoms with Gasteiger partial charge in [0.15, 0.2) is 29.5 Å². The highest BCUT2D eigenvalue weighted by molar-refractivity contribution is 8.05. The Labute approximate surface area is 349 Å². The molecule has 10 nitrogen and oxygen atoms in total. The van der Waals surface area contributed by atoms with Crippen LogP contribution in [0.2, 0.25) is 0 Å². The van der Waals surface area contributed by atoms with E-state index in [2.05, 4.69) is 30.3 Å². The number of rotatable bonds is 0. The van der Waals surface area contributed by atoms with E-state index < -0.39 is 40.3 Å². The monoisotopic (exact) mass is 904 g/mol. The third kappa shape index (κ3) is 11.6. The Bertz CT molecular complexity index is 2370. The predicted octanol–water partition coefficient (Wildman–Crippen LogP) is 7.34. The highest BCUT2D eigenvalue weighted by Gasteiger charge is 2.32. The van der Waals surface area contributed by atoms with Crippen molar-refractivity contribution in [3.63, 3.8) is 0 Å². The Morgan fingerprint density at radius 1 is 0.421 bits per heavy atom. The normalized spacial score (nSPS) is 19.5. The summed E-state index contributed by atoms with van der Waals surface area (Å²) >= 11 is 5.80. The maximum Gasteiger partial charge on any atom is 0.185 e. The molecule has 5 aliphatic heterocycles. The van der Waals surface area contributed by atoms with Gasteiger partial charge in [-0.05, 0) is 60.7 Å². The predicted molar refractivity (Wildman–Crippen MR) is 228 cm³/mol. The van der Waals surface area contributed by atoms with Crippen LogP contribution in [0.25, 0.3) is 0 Å². The van der Waals surface area contributed by atoms with E-state index in [0.29, 0.717) is 23.0 Å². The summed E-state index contributed by atoms with van der Waals surface area (Å²) in [5.74, 6) is 5.99. The molecule has 5 aromatic carbocycles. The van der Waals surface area contributed by atoms with Crippen LogP contribution in [0.3, 0.4) is 0 Å². The second kappa shape index (κ2) is 20.0. The standard InChI is InChI=1S/C8H8O4S2.C8H8O3S.C8H8O2S.C8H8OS.C8H8S2/c9-13(10)5-6-14(11,12)8-4-2-1-3-7(8)13;9-12(10)6-5-11-7-3-1-2-4-8(7)12;9-11-6-5-10-7-3-1-2-4-8(7)11;2*1-2-4-8-7(3-1)9-5-6-10-8/h1-4H,5-6H2;1-4H,5-6H2;1-4H,5-6H2;2*1-4H,5-6H2. The van der Waals surface area contributed by atoms with E-state index in [1.165, 1.54) is 50.5 Å². The van der Waals surface area contributed by atoms with E-state index in [-0.39, 0.29) is 33.7 Å². The van der Waals surface area contributed by atoms with Gasteiger partial charge >= 0.3 is 0 Å². The van der Waals surface area contributed by atoms with Gasteiger partial charge in [0.05, 0.1) is 55.1 Å². The van der Waals surface area contributed by atoms with Gasteiger partial charge in [0.25, 0.3) is 0 Å². The van der Waals surface area contributed by atoms with Gasteiger partial charge in [-0.15, -0.1) is 35.3 Å². The van der Waals surface area contributed by atoms with Gasteiger partial charge in [-0.2, -0.15) is 0 Å². The molecule has 0 bridgehead atoms. The number of ether oxygens (including phenoxy) is 3. The average Bonchev–Trinajstić information content (AvgIpc) is 3.24. The third-order valence-electron chi connectivity index (χ3n) is 8.45. The van der Waals surface area contributed by atoms with Crippen molar-refractivity contribution >= 4 is 75.6 Å². The molecule has 0 spiro atoms. The van der Waals surface area contributed by atoms with Crippen LogP contribution in [-0.2, 0) is 40.3 Å². The molecule has 5 heterocycles. The molecule has 0 saturated carbocycles. The summed E-state index contributed by atoms with van der Waals surface area (Å²) in [5, 5.41) is 0. The van der Waals surface area contributed by atoms with Gasteiger partial charge in [-0.1, -0.05) is 60.7 Å². The summed E-state index contributed by atoms with van der Waals surface area (Å²) in [7, 11) is -10.7. The fourth-order valence-electron chi connectivity index (χ4n) is 5.68. The first-order chi connectivity index (χ1) is 27.4. The van der Waals surface area contributed by atoms with E-state index in [9.17, 15) is 29.5 Å². The van der Waals surface area contributed by atoms with E-state index >= 15 is 0 Å². The summed E-state index contributed by atoms with van der Waals surface area (Å²) in [6.07, 6.45) is 0. The lowest BCUT2D eigenvalue weighted by atomic mass is 10.3. The van der Waals surface area contributed by atoms with Crippen molar-refractivity contribution in [2.24, 2.45) is 0 Å². The quantitative estimate of drug-likeness (QED) is 0.153. The summed E-state index contributed by atoms with van der Waals surface area (Å²) in [6, 6.07) is 36.7. The molecular weight excluding hydrogens is 865 g/mol. The first kappa shape index (κ1) is 43.1. The second-order valence-electron chi connectivity index (χ2n) is 12.3. The topological polar surface area (TPSA) is 147 Å². The minimum absolute atomic E-state index is 0.0637. The molecule has 302 valence electrons. The second-order valence-corrected chi connectivity index (χ2v) is 23.5. The Morgan fingerprint density at radius 2 is 0.860 bits per heavy atom. The summed E-state index contributed by atoms with van der Waals surface area (Å²) in [4.78, 5) is 5.21. The fraction of sp³-hybridized carbons (Fsp3) is 0.250. The van der Waals surface area contributed by atoms with Crippen LogP contribution in [0.4, 0.5) is 0 Å². The number of hydrogen-bond donors (Lipinski definition) is 0. The molecule has 5 aliphatic rings. The molecule has 0 fully saturated rings. The lowest BCUT2D eigenvalue weighted by Gasteiger charge is -2.16. The number of fused-ring (bicyclic) bond motifs is 5. The maximum absolute atomic E-state index is 11.5. The SMILES string of the molecule is O=S1(=O)CCOc2ccccc21.O=S1(=O)CCS(=O)(=O)c2ccccc21.O=S1CCOc2ccccc21.c1ccc2c(c1)OCCS2.c1ccc2c(c1)SCCS2. The maximum atomic E-state index is 11.5. The van der Waals surface area contributed by atoms with Crippen LogP contribution in [-0.4, -0.2) is 89.6 Å². The van der Waals surface area contributed by atoms with Crippen molar-refractivity contribution in [1.82, 2.24) is 0 Å². The van der Waals surface area contributed by atoms with Crippen molar-refractivity contribution in [2.75, 3.05) is 60.1 Å². The minimum atomic E-state index is -3.39. The van der Waals surface area contributed by atoms with Crippen LogP contribution in [0.5, 0.6) is 17.2 Å². The number of para-hydroxylation sites is 3. The van der Waals surface area contributed by atoms with Crippen molar-refractivity contribution < 1.29 is 43.7 Å². The van der Waals surface area contributed by atoms with Crippen LogP contribution >= 0.6 is 35.3 Å². The largest absolute Gasteiger partial charge is 0.492 e. The Balaban J connectivity index is 0.000000121. The third-order valence-corrected chi connectivity index (χ3v) is 19.0. The van der Waals surface area contributed by atoms with Crippen LogP contribution in [0, 0.1) is 0 Å². The van der Waals surface area contributed by atoms with E-state index in [0.717, 1.165) is 28.8 Å². The highest BCUT2D eigenvalue weighted by atomic mass is 32.2. The molecule has 0 aromatic heterocycles. The molecule has 0 aliphatic carbocycles. The van der Waals surface area contributed by atoms with E-state index in [4.69, 9.17) is 14.2 Å². The van der Waals surface area contributed by atoms with Crippen molar-refractivity contribution in [1.29, 1.82) is 0 Å². The zero-order chi connectivity index (χ0) is 40.3. The fourth-order valence-corrected chi connectivity index (χ4v) is 15.3. The molecule has 10 rings (SSSR count). The molecule has 0 amide bonds. The average molecular weight is 905 g/mol.